The zero-order valence-corrected chi connectivity index (χ0v) is 16.7. The Kier molecular flexibility index (Phi) is 5.49. The second-order valence-corrected chi connectivity index (χ2v) is 7.69. The molecule has 2 aromatic carbocycles. The molecule has 0 aliphatic carbocycles. The second kappa shape index (κ2) is 8.21. The van der Waals surface area contributed by atoms with E-state index in [0.29, 0.717) is 0 Å². The van der Waals surface area contributed by atoms with E-state index >= 15 is 0 Å². The first-order chi connectivity index (χ1) is 14.0. The van der Waals surface area contributed by atoms with E-state index in [1.165, 1.54) is 5.56 Å². The minimum atomic E-state index is -0.381. The Labute approximate surface area is 170 Å². The van der Waals surface area contributed by atoms with E-state index in [9.17, 15) is 14.9 Å². The van der Waals surface area contributed by atoms with E-state index in [1.54, 1.807) is 24.3 Å². The highest BCUT2D eigenvalue weighted by Crippen LogP contribution is 2.28. The summed E-state index contributed by atoms with van der Waals surface area (Å²) in [7, 11) is 0. The van der Waals surface area contributed by atoms with E-state index in [2.05, 4.69) is 15.9 Å². The Morgan fingerprint density at radius 2 is 1.69 bits per heavy atom. The van der Waals surface area contributed by atoms with Gasteiger partial charge in [0.2, 0.25) is 5.91 Å². The molecule has 7 nitrogen and oxygen atoms in total. The minimum Gasteiger partial charge on any atom is -0.369 e. The van der Waals surface area contributed by atoms with Gasteiger partial charge in [0.15, 0.2) is 0 Å². The summed E-state index contributed by atoms with van der Waals surface area (Å²) in [5.41, 5.74) is 3.40. The van der Waals surface area contributed by atoms with Crippen molar-refractivity contribution in [2.75, 3.05) is 42.5 Å². The number of piperazine rings is 1. The van der Waals surface area contributed by atoms with Gasteiger partial charge in [0, 0.05) is 56.2 Å². The van der Waals surface area contributed by atoms with Crippen LogP contribution in [0.1, 0.15) is 18.9 Å². The van der Waals surface area contributed by atoms with Crippen LogP contribution in [0, 0.1) is 10.1 Å². The number of hydrogen-bond donors (Lipinski definition) is 0. The molecule has 0 saturated carbocycles. The molecule has 1 saturated heterocycles. The summed E-state index contributed by atoms with van der Waals surface area (Å²) >= 11 is 0. The number of para-hydroxylation sites is 1. The molecule has 0 unspecified atom stereocenters. The van der Waals surface area contributed by atoms with Gasteiger partial charge >= 0.3 is 0 Å². The molecule has 4 rings (SSSR count). The maximum Gasteiger partial charge on any atom is 0.269 e. The molecule has 2 aliphatic rings. The number of carbonyl (C=O) groups is 1. The molecule has 2 heterocycles. The van der Waals surface area contributed by atoms with Crippen LogP contribution in [0.2, 0.25) is 0 Å². The highest BCUT2D eigenvalue weighted by atomic mass is 16.6. The molecule has 1 fully saturated rings. The van der Waals surface area contributed by atoms with E-state index in [1.807, 2.05) is 30.0 Å². The van der Waals surface area contributed by atoms with Gasteiger partial charge in [0.05, 0.1) is 11.0 Å². The third kappa shape index (κ3) is 3.96. The van der Waals surface area contributed by atoms with Crippen LogP contribution in [-0.4, -0.2) is 54.5 Å². The van der Waals surface area contributed by atoms with Gasteiger partial charge in [-0.25, -0.2) is 0 Å². The quantitative estimate of drug-likeness (QED) is 0.589. The number of amides is 1. The van der Waals surface area contributed by atoms with Crippen LogP contribution >= 0.6 is 0 Å². The Hall–Kier alpha value is -2.93. The number of rotatable bonds is 4. The summed E-state index contributed by atoms with van der Waals surface area (Å²) in [6.45, 7) is 5.96. The van der Waals surface area contributed by atoms with Crippen molar-refractivity contribution in [2.24, 2.45) is 0 Å². The van der Waals surface area contributed by atoms with Gasteiger partial charge in [0.25, 0.3) is 5.69 Å². The predicted octanol–water partition coefficient (Wildman–Crippen LogP) is 3.08. The fraction of sp³-hybridized carbons (Fsp3) is 0.409. The van der Waals surface area contributed by atoms with E-state index in [4.69, 9.17) is 0 Å². The molecular weight excluding hydrogens is 368 g/mol. The van der Waals surface area contributed by atoms with Crippen LogP contribution in [0.15, 0.2) is 48.5 Å². The molecule has 0 spiro atoms. The van der Waals surface area contributed by atoms with Crippen molar-refractivity contribution in [3.8, 4) is 0 Å². The molecule has 0 bridgehead atoms. The van der Waals surface area contributed by atoms with E-state index in [-0.39, 0.29) is 22.6 Å². The SMILES string of the molecule is C[C@@H](C(=O)N1CCCc2ccccc21)N1CCN(c2ccc([N+](=O)[O-])cc2)CC1. The summed E-state index contributed by atoms with van der Waals surface area (Å²) < 4.78 is 0. The summed E-state index contributed by atoms with van der Waals surface area (Å²) in [5, 5.41) is 10.8. The Morgan fingerprint density at radius 1 is 1.00 bits per heavy atom. The van der Waals surface area contributed by atoms with Gasteiger partial charge in [-0.1, -0.05) is 18.2 Å². The maximum absolute atomic E-state index is 13.2. The summed E-state index contributed by atoms with van der Waals surface area (Å²) in [6, 6.07) is 14.7. The minimum absolute atomic E-state index is 0.105. The van der Waals surface area contributed by atoms with Crippen LogP contribution < -0.4 is 9.80 Å². The molecule has 1 amide bonds. The van der Waals surface area contributed by atoms with Crippen molar-refractivity contribution in [3.63, 3.8) is 0 Å². The highest BCUT2D eigenvalue weighted by molar-refractivity contribution is 5.98. The van der Waals surface area contributed by atoms with Gasteiger partial charge in [0.1, 0.15) is 0 Å². The Morgan fingerprint density at radius 3 is 2.38 bits per heavy atom. The average Bonchev–Trinajstić information content (AvgIpc) is 2.78. The fourth-order valence-electron chi connectivity index (χ4n) is 4.30. The van der Waals surface area contributed by atoms with Crippen molar-refractivity contribution >= 4 is 23.0 Å². The van der Waals surface area contributed by atoms with Gasteiger partial charge in [-0.15, -0.1) is 0 Å². The van der Waals surface area contributed by atoms with Crippen molar-refractivity contribution in [1.82, 2.24) is 4.90 Å². The summed E-state index contributed by atoms with van der Waals surface area (Å²) in [4.78, 5) is 30.1. The maximum atomic E-state index is 13.2. The van der Waals surface area contributed by atoms with Crippen molar-refractivity contribution < 1.29 is 9.72 Å². The second-order valence-electron chi connectivity index (χ2n) is 7.69. The zero-order chi connectivity index (χ0) is 20.4. The number of nitrogens with zero attached hydrogens (tertiary/aromatic N) is 4. The van der Waals surface area contributed by atoms with Crippen molar-refractivity contribution in [3.05, 3.63) is 64.2 Å². The van der Waals surface area contributed by atoms with Gasteiger partial charge < -0.3 is 9.80 Å². The highest BCUT2D eigenvalue weighted by Gasteiger charge is 2.31. The lowest BCUT2D eigenvalue weighted by Crippen LogP contribution is -2.55. The molecule has 0 N–H and O–H groups in total. The Balaban J connectivity index is 1.38. The number of fused-ring (bicyclic) bond motifs is 1. The topological polar surface area (TPSA) is 69.9 Å². The number of hydrogen-bond acceptors (Lipinski definition) is 5. The van der Waals surface area contributed by atoms with Crippen LogP contribution in [0.3, 0.4) is 0 Å². The van der Waals surface area contributed by atoms with E-state index in [0.717, 1.165) is 56.9 Å². The Bertz CT molecular complexity index is 891. The first kappa shape index (κ1) is 19.4. The summed E-state index contributed by atoms with van der Waals surface area (Å²) in [6.07, 6.45) is 2.03. The number of anilines is 2. The molecule has 0 radical (unpaired) electrons. The molecule has 2 aliphatic heterocycles. The molecule has 152 valence electrons. The number of nitro groups is 1. The molecule has 1 atom stereocenters. The average molecular weight is 394 g/mol. The lowest BCUT2D eigenvalue weighted by Gasteiger charge is -2.40. The monoisotopic (exact) mass is 394 g/mol. The number of aryl methyl sites for hydroxylation is 1. The first-order valence-electron chi connectivity index (χ1n) is 10.2. The molecule has 0 aromatic heterocycles. The third-order valence-electron chi connectivity index (χ3n) is 6.02. The standard InChI is InChI=1S/C22H26N4O3/c1-17(22(27)25-12-4-6-18-5-2-3-7-21(18)25)23-13-15-24(16-14-23)19-8-10-20(11-9-19)26(28)29/h2-3,5,7-11,17H,4,6,12-16H2,1H3/t17-/m0/s1. The molecular formula is C22H26N4O3. The number of carbonyl (C=O) groups excluding carboxylic acids is 1. The van der Waals surface area contributed by atoms with Crippen LogP contribution in [0.25, 0.3) is 0 Å². The third-order valence-corrected chi connectivity index (χ3v) is 6.02. The van der Waals surface area contributed by atoms with Crippen LogP contribution in [-0.2, 0) is 11.2 Å². The fourth-order valence-corrected chi connectivity index (χ4v) is 4.30. The van der Waals surface area contributed by atoms with Crippen LogP contribution in [0.5, 0.6) is 0 Å². The summed E-state index contributed by atoms with van der Waals surface area (Å²) in [5.74, 6) is 0.168. The smallest absolute Gasteiger partial charge is 0.269 e. The van der Waals surface area contributed by atoms with Crippen LogP contribution in [0.4, 0.5) is 17.1 Å². The van der Waals surface area contributed by atoms with Crippen molar-refractivity contribution in [2.45, 2.75) is 25.8 Å². The predicted molar refractivity (Wildman–Crippen MR) is 113 cm³/mol. The normalized spacial score (nSPS) is 18.2. The molecule has 29 heavy (non-hydrogen) atoms. The zero-order valence-electron chi connectivity index (χ0n) is 16.7. The lowest BCUT2D eigenvalue weighted by molar-refractivity contribution is -0.384. The first-order valence-corrected chi connectivity index (χ1v) is 10.2. The van der Waals surface area contributed by atoms with Gasteiger partial charge in [-0.3, -0.25) is 19.8 Å². The van der Waals surface area contributed by atoms with E-state index < -0.39 is 0 Å². The number of benzene rings is 2. The number of nitro benzene ring substituents is 1. The molecule has 2 aromatic rings. The molecule has 7 heteroatoms. The lowest BCUT2D eigenvalue weighted by atomic mass is 10.0. The van der Waals surface area contributed by atoms with Crippen molar-refractivity contribution in [1.29, 1.82) is 0 Å². The van der Waals surface area contributed by atoms with Gasteiger partial charge in [-0.2, -0.15) is 0 Å². The largest absolute Gasteiger partial charge is 0.369 e. The van der Waals surface area contributed by atoms with Gasteiger partial charge in [-0.05, 0) is 43.5 Å². The number of non-ortho nitro benzene ring substituents is 1.